The third kappa shape index (κ3) is 2.69. The van der Waals surface area contributed by atoms with Crippen LogP contribution in [0.4, 0.5) is 5.69 Å². The molecule has 0 fully saturated rings. The Morgan fingerprint density at radius 3 is 2.85 bits per heavy atom. The van der Waals surface area contributed by atoms with Gasteiger partial charge in [0.15, 0.2) is 0 Å². The zero-order valence-corrected chi connectivity index (χ0v) is 10.9. The lowest BCUT2D eigenvalue weighted by atomic mass is 10.2. The predicted molar refractivity (Wildman–Crippen MR) is 68.3 cm³/mol. The molecule has 1 N–H and O–H groups in total. The molecule has 0 atom stereocenters. The third-order valence-corrected chi connectivity index (χ3v) is 2.69. The first-order chi connectivity index (χ1) is 9.38. The van der Waals surface area contributed by atoms with E-state index >= 15 is 0 Å². The SMILES string of the molecule is Cn1cc([N+](=O)[O-])c(Oc2ccc(Cl)c(C(=O)O)c2)n1. The third-order valence-electron chi connectivity index (χ3n) is 2.36. The molecule has 1 aromatic carbocycles. The Kier molecular flexibility index (Phi) is 3.57. The molecule has 0 bridgehead atoms. The number of halogens is 1. The van der Waals surface area contributed by atoms with Crippen LogP contribution in [0.5, 0.6) is 11.6 Å². The zero-order chi connectivity index (χ0) is 14.9. The number of aromatic carboxylic acids is 1. The minimum absolute atomic E-state index is 0.0420. The van der Waals surface area contributed by atoms with Crippen molar-refractivity contribution in [1.82, 2.24) is 9.78 Å². The van der Waals surface area contributed by atoms with Crippen LogP contribution in [-0.2, 0) is 7.05 Å². The fraction of sp³-hybridized carbons (Fsp3) is 0.0909. The van der Waals surface area contributed by atoms with Gasteiger partial charge in [-0.2, -0.15) is 0 Å². The number of aromatic nitrogens is 2. The number of ether oxygens (including phenoxy) is 1. The summed E-state index contributed by atoms with van der Waals surface area (Å²) < 4.78 is 6.47. The van der Waals surface area contributed by atoms with Gasteiger partial charge in [0.25, 0.3) is 0 Å². The van der Waals surface area contributed by atoms with Gasteiger partial charge in [0, 0.05) is 7.05 Å². The smallest absolute Gasteiger partial charge is 0.350 e. The van der Waals surface area contributed by atoms with Gasteiger partial charge in [-0.25, -0.2) is 4.79 Å². The molecular weight excluding hydrogens is 290 g/mol. The first-order valence-corrected chi connectivity index (χ1v) is 5.65. The van der Waals surface area contributed by atoms with E-state index in [0.717, 1.165) is 0 Å². The average Bonchev–Trinajstić information content (AvgIpc) is 2.72. The monoisotopic (exact) mass is 297 g/mol. The molecule has 0 spiro atoms. The van der Waals surface area contributed by atoms with Crippen molar-refractivity contribution in [3.8, 4) is 11.6 Å². The summed E-state index contributed by atoms with van der Waals surface area (Å²) in [4.78, 5) is 21.1. The van der Waals surface area contributed by atoms with E-state index in [1.165, 1.54) is 36.1 Å². The van der Waals surface area contributed by atoms with Gasteiger partial charge >= 0.3 is 17.5 Å². The summed E-state index contributed by atoms with van der Waals surface area (Å²) in [6, 6.07) is 3.89. The number of benzene rings is 1. The van der Waals surface area contributed by atoms with Crippen molar-refractivity contribution in [1.29, 1.82) is 0 Å². The van der Waals surface area contributed by atoms with Crippen LogP contribution in [0.3, 0.4) is 0 Å². The topological polar surface area (TPSA) is 107 Å². The number of carbonyl (C=O) groups is 1. The van der Waals surface area contributed by atoms with E-state index in [1.54, 1.807) is 0 Å². The average molecular weight is 298 g/mol. The van der Waals surface area contributed by atoms with Gasteiger partial charge in [-0.15, -0.1) is 5.10 Å². The van der Waals surface area contributed by atoms with Crippen molar-refractivity contribution in [3.63, 3.8) is 0 Å². The van der Waals surface area contributed by atoms with Crippen molar-refractivity contribution in [3.05, 3.63) is 45.1 Å². The molecule has 2 rings (SSSR count). The van der Waals surface area contributed by atoms with E-state index < -0.39 is 10.9 Å². The second kappa shape index (κ2) is 5.17. The molecule has 8 nitrogen and oxygen atoms in total. The maximum atomic E-state index is 10.9. The number of hydrogen-bond acceptors (Lipinski definition) is 5. The summed E-state index contributed by atoms with van der Waals surface area (Å²) in [5, 5.41) is 23.6. The molecule has 1 aromatic heterocycles. The lowest BCUT2D eigenvalue weighted by Crippen LogP contribution is -1.98. The van der Waals surface area contributed by atoms with E-state index in [9.17, 15) is 14.9 Å². The van der Waals surface area contributed by atoms with E-state index in [2.05, 4.69) is 5.10 Å². The molecule has 0 saturated carbocycles. The number of carboxylic acids is 1. The lowest BCUT2D eigenvalue weighted by molar-refractivity contribution is -0.385. The number of nitrogens with zero attached hydrogens (tertiary/aromatic N) is 3. The first kappa shape index (κ1) is 13.8. The molecule has 0 aliphatic carbocycles. The molecule has 0 aliphatic rings. The summed E-state index contributed by atoms with van der Waals surface area (Å²) in [6.07, 6.45) is 1.18. The Hall–Kier alpha value is -2.61. The summed E-state index contributed by atoms with van der Waals surface area (Å²) in [5.41, 5.74) is -0.484. The van der Waals surface area contributed by atoms with Crippen molar-refractivity contribution in [2.24, 2.45) is 7.05 Å². The quantitative estimate of drug-likeness (QED) is 0.686. The maximum absolute atomic E-state index is 10.9. The van der Waals surface area contributed by atoms with Gasteiger partial charge in [-0.05, 0) is 18.2 Å². The summed E-state index contributed by atoms with van der Waals surface area (Å²) in [6.45, 7) is 0. The Balaban J connectivity index is 2.38. The molecule has 1 heterocycles. The van der Waals surface area contributed by atoms with Crippen LogP contribution in [0, 0.1) is 10.1 Å². The highest BCUT2D eigenvalue weighted by molar-refractivity contribution is 6.33. The van der Waals surface area contributed by atoms with Crippen molar-refractivity contribution < 1.29 is 19.6 Å². The highest BCUT2D eigenvalue weighted by Crippen LogP contribution is 2.31. The maximum Gasteiger partial charge on any atom is 0.350 e. The summed E-state index contributed by atoms with van der Waals surface area (Å²) in [7, 11) is 1.50. The molecular formula is C11H8ClN3O5. The van der Waals surface area contributed by atoms with Crippen LogP contribution in [-0.4, -0.2) is 25.8 Å². The van der Waals surface area contributed by atoms with E-state index in [1.807, 2.05) is 0 Å². The molecule has 0 amide bonds. The molecule has 0 radical (unpaired) electrons. The van der Waals surface area contributed by atoms with Gasteiger partial charge in [0.05, 0.1) is 15.5 Å². The number of rotatable bonds is 4. The van der Waals surface area contributed by atoms with Crippen LogP contribution in [0.25, 0.3) is 0 Å². The minimum atomic E-state index is -1.23. The Morgan fingerprint density at radius 2 is 2.25 bits per heavy atom. The van der Waals surface area contributed by atoms with Crippen LogP contribution in [0.15, 0.2) is 24.4 Å². The molecule has 0 aliphatic heterocycles. The molecule has 2 aromatic rings. The molecule has 20 heavy (non-hydrogen) atoms. The molecule has 0 unspecified atom stereocenters. The Bertz CT molecular complexity index is 697. The van der Waals surface area contributed by atoms with E-state index in [-0.39, 0.29) is 27.9 Å². The Morgan fingerprint density at radius 1 is 1.55 bits per heavy atom. The van der Waals surface area contributed by atoms with Gasteiger partial charge in [-0.3, -0.25) is 14.8 Å². The second-order valence-corrected chi connectivity index (χ2v) is 4.21. The highest BCUT2D eigenvalue weighted by atomic mass is 35.5. The van der Waals surface area contributed by atoms with Crippen molar-refractivity contribution in [2.75, 3.05) is 0 Å². The molecule has 104 valence electrons. The summed E-state index contributed by atoms with van der Waals surface area (Å²) in [5.74, 6) is -1.36. The lowest BCUT2D eigenvalue weighted by Gasteiger charge is -2.04. The normalized spacial score (nSPS) is 10.3. The van der Waals surface area contributed by atoms with Crippen LogP contribution >= 0.6 is 11.6 Å². The van der Waals surface area contributed by atoms with Crippen LogP contribution < -0.4 is 4.74 Å². The minimum Gasteiger partial charge on any atom is -0.478 e. The second-order valence-electron chi connectivity index (χ2n) is 3.80. The number of hydrogen-bond donors (Lipinski definition) is 1. The number of carboxylic acid groups (broad SMARTS) is 1. The van der Waals surface area contributed by atoms with Gasteiger partial charge in [0.2, 0.25) is 0 Å². The van der Waals surface area contributed by atoms with E-state index in [4.69, 9.17) is 21.4 Å². The standard InChI is InChI=1S/C11H8ClN3O5/c1-14-5-9(15(18)19)10(13-14)20-6-2-3-8(12)7(4-6)11(16)17/h2-5H,1H3,(H,16,17). The Labute approximate surface area is 117 Å². The fourth-order valence-corrected chi connectivity index (χ4v) is 1.70. The number of aryl methyl sites for hydroxylation is 1. The first-order valence-electron chi connectivity index (χ1n) is 5.27. The van der Waals surface area contributed by atoms with Gasteiger partial charge in [-0.1, -0.05) is 11.6 Å². The molecule has 9 heteroatoms. The highest BCUT2D eigenvalue weighted by Gasteiger charge is 2.21. The number of nitro groups is 1. The fourth-order valence-electron chi connectivity index (χ4n) is 1.50. The predicted octanol–water partition coefficient (Wildman–Crippen LogP) is 2.47. The van der Waals surface area contributed by atoms with Crippen LogP contribution in [0.2, 0.25) is 5.02 Å². The van der Waals surface area contributed by atoms with Crippen molar-refractivity contribution >= 4 is 23.3 Å². The zero-order valence-electron chi connectivity index (χ0n) is 10.1. The van der Waals surface area contributed by atoms with Crippen molar-refractivity contribution in [2.45, 2.75) is 0 Å². The summed E-state index contributed by atoms with van der Waals surface area (Å²) >= 11 is 5.72. The molecule has 0 saturated heterocycles. The van der Waals surface area contributed by atoms with Gasteiger partial charge < -0.3 is 9.84 Å². The van der Waals surface area contributed by atoms with Crippen LogP contribution in [0.1, 0.15) is 10.4 Å². The van der Waals surface area contributed by atoms with E-state index in [0.29, 0.717) is 0 Å². The largest absolute Gasteiger partial charge is 0.478 e. The van der Waals surface area contributed by atoms with Gasteiger partial charge in [0.1, 0.15) is 11.9 Å².